The summed E-state index contributed by atoms with van der Waals surface area (Å²) in [5.74, 6) is 0.220. The maximum Gasteiger partial charge on any atom is 0.167 e. The largest absolute Gasteiger partial charge is 0.393 e. The molecule has 4 atom stereocenters. The van der Waals surface area contributed by atoms with Gasteiger partial charge in [-0.05, 0) is 5.21 Å². The van der Waals surface area contributed by atoms with Gasteiger partial charge in [-0.3, -0.25) is 4.57 Å². The van der Waals surface area contributed by atoms with Gasteiger partial charge in [0.15, 0.2) is 17.7 Å². The van der Waals surface area contributed by atoms with Crippen LogP contribution in [0.2, 0.25) is 0 Å². The van der Waals surface area contributed by atoms with Crippen molar-refractivity contribution in [1.29, 1.82) is 0 Å². The number of imidazole rings is 1. The zero-order valence-corrected chi connectivity index (χ0v) is 12.2. The Kier molecular flexibility index (Phi) is 3.48. The summed E-state index contributed by atoms with van der Waals surface area (Å²) < 4.78 is 7.21. The average Bonchev–Trinajstić information content (AvgIpc) is 3.28. The summed E-state index contributed by atoms with van der Waals surface area (Å²) in [7, 11) is 0. The van der Waals surface area contributed by atoms with Crippen molar-refractivity contribution in [3.63, 3.8) is 0 Å². The van der Waals surface area contributed by atoms with Gasteiger partial charge < -0.3 is 25.5 Å². The van der Waals surface area contributed by atoms with E-state index >= 15 is 0 Å². The molecule has 24 heavy (non-hydrogen) atoms. The molecule has 4 N–H and O–H groups in total. The van der Waals surface area contributed by atoms with Crippen molar-refractivity contribution in [2.75, 3.05) is 12.3 Å². The second kappa shape index (κ2) is 5.67. The molecule has 0 bridgehead atoms. The van der Waals surface area contributed by atoms with E-state index in [2.05, 4.69) is 25.3 Å². The number of anilines is 1. The number of nitrogens with two attached hydrogens (primary N) is 1. The number of ether oxygens (including phenoxy) is 1. The van der Waals surface area contributed by atoms with Crippen molar-refractivity contribution < 1.29 is 19.8 Å². The lowest BCUT2D eigenvalue weighted by molar-refractivity contribution is -0.0728. The van der Waals surface area contributed by atoms with Crippen LogP contribution in [0.3, 0.4) is 0 Å². The van der Waals surface area contributed by atoms with Gasteiger partial charge in [0.1, 0.15) is 36.8 Å². The molecule has 1 aliphatic heterocycles. The number of rotatable bonds is 4. The van der Waals surface area contributed by atoms with Crippen LogP contribution in [0.4, 0.5) is 5.82 Å². The highest BCUT2D eigenvalue weighted by molar-refractivity contribution is 5.81. The zero-order valence-electron chi connectivity index (χ0n) is 12.2. The van der Waals surface area contributed by atoms with Crippen molar-refractivity contribution in [3.8, 4) is 0 Å². The Bertz CT molecular complexity index is 837. The molecule has 0 aliphatic carbocycles. The summed E-state index contributed by atoms with van der Waals surface area (Å²) in [6.45, 7) is -0.0260. The molecule has 4 rings (SSSR count). The molecule has 0 amide bonds. The van der Waals surface area contributed by atoms with Crippen LogP contribution in [0.1, 0.15) is 6.23 Å². The molecule has 4 heterocycles. The Balaban J connectivity index is 1.56. The highest BCUT2D eigenvalue weighted by atomic mass is 16.7. The summed E-state index contributed by atoms with van der Waals surface area (Å²) in [4.78, 5) is 18.5. The fraction of sp³-hybridized carbons (Fsp3) is 0.417. The molecule has 12 heteroatoms. The summed E-state index contributed by atoms with van der Waals surface area (Å²) in [5.41, 5.74) is 6.54. The molecule has 1 saturated heterocycles. The SMILES string of the molecule is Nc1ncnc2c1ncn2[C@@H]1O[C@H](COn2ccnn2)[C@@H](O)[C@H]1O. The van der Waals surface area contributed by atoms with Gasteiger partial charge in [-0.1, -0.05) is 4.85 Å². The first-order valence-corrected chi connectivity index (χ1v) is 7.09. The number of fused-ring (bicyclic) bond motifs is 1. The minimum absolute atomic E-state index is 0.0260. The summed E-state index contributed by atoms with van der Waals surface area (Å²) >= 11 is 0. The van der Waals surface area contributed by atoms with E-state index in [1.54, 1.807) is 0 Å². The lowest BCUT2D eigenvalue weighted by atomic mass is 10.1. The molecule has 3 aromatic rings. The third-order valence-corrected chi connectivity index (χ3v) is 3.77. The molecule has 0 radical (unpaired) electrons. The number of aromatic nitrogens is 7. The van der Waals surface area contributed by atoms with E-state index < -0.39 is 24.5 Å². The molecule has 0 saturated carbocycles. The Morgan fingerprint density at radius 3 is 2.92 bits per heavy atom. The monoisotopic (exact) mass is 334 g/mol. The highest BCUT2D eigenvalue weighted by Gasteiger charge is 2.44. The number of hydrogen-bond acceptors (Lipinski definition) is 10. The van der Waals surface area contributed by atoms with Crippen LogP contribution in [0.5, 0.6) is 0 Å². The molecule has 1 fully saturated rings. The molecule has 12 nitrogen and oxygen atoms in total. The van der Waals surface area contributed by atoms with Gasteiger partial charge in [-0.15, -0.1) is 5.10 Å². The standard InChI is InChI=1S/C12H14N8O4/c13-10-7-11(15-4-14-10)19(5-16-7)12-9(22)8(21)6(24-12)3-23-20-2-1-17-18-20/h1-2,4-6,8-9,12,21-22H,3H2,(H2,13,14,15)/t6-,8-,9-,12-/m1/s1. The van der Waals surface area contributed by atoms with Crippen LogP contribution in [0, 0.1) is 0 Å². The molecular weight excluding hydrogens is 320 g/mol. The maximum absolute atomic E-state index is 10.3. The van der Waals surface area contributed by atoms with Gasteiger partial charge in [-0.25, -0.2) is 15.0 Å². The molecule has 0 aromatic carbocycles. The van der Waals surface area contributed by atoms with Gasteiger partial charge >= 0.3 is 0 Å². The van der Waals surface area contributed by atoms with Gasteiger partial charge in [-0.2, -0.15) is 0 Å². The second-order valence-corrected chi connectivity index (χ2v) is 5.23. The maximum atomic E-state index is 10.3. The molecule has 0 unspecified atom stereocenters. The van der Waals surface area contributed by atoms with Crippen LogP contribution in [-0.2, 0) is 4.74 Å². The fourth-order valence-electron chi connectivity index (χ4n) is 2.57. The predicted octanol–water partition coefficient (Wildman–Crippen LogP) is -2.25. The minimum Gasteiger partial charge on any atom is -0.393 e. The van der Waals surface area contributed by atoms with E-state index in [0.29, 0.717) is 11.2 Å². The van der Waals surface area contributed by atoms with Crippen LogP contribution in [0.15, 0.2) is 25.0 Å². The van der Waals surface area contributed by atoms with Gasteiger partial charge in [0.05, 0.1) is 18.7 Å². The number of nitrogens with zero attached hydrogens (tertiary/aromatic N) is 7. The van der Waals surface area contributed by atoms with E-state index in [0.717, 1.165) is 4.85 Å². The van der Waals surface area contributed by atoms with Crippen molar-refractivity contribution >= 4 is 17.0 Å². The Hall–Kier alpha value is -2.83. The third-order valence-electron chi connectivity index (χ3n) is 3.77. The van der Waals surface area contributed by atoms with E-state index in [4.69, 9.17) is 15.3 Å². The Morgan fingerprint density at radius 1 is 1.25 bits per heavy atom. The van der Waals surface area contributed by atoms with Crippen LogP contribution in [0.25, 0.3) is 11.2 Å². The topological polar surface area (TPSA) is 159 Å². The lowest BCUT2D eigenvalue weighted by Gasteiger charge is -2.16. The summed E-state index contributed by atoms with van der Waals surface area (Å²) in [6.07, 6.45) is 1.66. The first-order chi connectivity index (χ1) is 11.6. The molecule has 1 aliphatic rings. The lowest BCUT2D eigenvalue weighted by Crippen LogP contribution is -2.36. The smallest absolute Gasteiger partial charge is 0.167 e. The number of nitrogen functional groups attached to an aromatic ring is 1. The third kappa shape index (κ3) is 2.33. The highest BCUT2D eigenvalue weighted by Crippen LogP contribution is 2.31. The van der Waals surface area contributed by atoms with Crippen molar-refractivity contribution in [2.24, 2.45) is 0 Å². The Morgan fingerprint density at radius 2 is 2.12 bits per heavy atom. The second-order valence-electron chi connectivity index (χ2n) is 5.23. The molecule has 126 valence electrons. The van der Waals surface area contributed by atoms with Crippen molar-refractivity contribution in [3.05, 3.63) is 25.0 Å². The van der Waals surface area contributed by atoms with Crippen LogP contribution < -0.4 is 10.6 Å². The number of aliphatic hydroxyl groups excluding tert-OH is 2. The first-order valence-electron chi connectivity index (χ1n) is 7.09. The number of aliphatic hydroxyl groups is 2. The summed E-state index contributed by atoms with van der Waals surface area (Å²) in [6, 6.07) is 0. The minimum atomic E-state index is -1.19. The average molecular weight is 334 g/mol. The van der Waals surface area contributed by atoms with E-state index in [9.17, 15) is 10.2 Å². The van der Waals surface area contributed by atoms with Gasteiger partial charge in [0.25, 0.3) is 0 Å². The normalized spacial score (nSPS) is 26.9. The molecular formula is C12H14N8O4. The fourth-order valence-corrected chi connectivity index (χ4v) is 2.57. The van der Waals surface area contributed by atoms with Crippen LogP contribution in [-0.4, -0.2) is 69.8 Å². The van der Waals surface area contributed by atoms with Gasteiger partial charge in [0, 0.05) is 0 Å². The van der Waals surface area contributed by atoms with E-state index in [1.807, 2.05) is 0 Å². The first kappa shape index (κ1) is 14.7. The number of hydrogen-bond donors (Lipinski definition) is 3. The molecule has 0 spiro atoms. The summed E-state index contributed by atoms with van der Waals surface area (Å²) in [5, 5.41) is 27.7. The molecule has 3 aromatic heterocycles. The van der Waals surface area contributed by atoms with Crippen LogP contribution >= 0.6 is 0 Å². The van der Waals surface area contributed by atoms with Crippen molar-refractivity contribution in [1.82, 2.24) is 34.7 Å². The quantitative estimate of drug-likeness (QED) is 0.475. The van der Waals surface area contributed by atoms with E-state index in [1.165, 1.54) is 29.6 Å². The zero-order chi connectivity index (χ0) is 16.7. The predicted molar refractivity (Wildman–Crippen MR) is 77.1 cm³/mol. The van der Waals surface area contributed by atoms with E-state index in [-0.39, 0.29) is 12.4 Å². The van der Waals surface area contributed by atoms with Crippen molar-refractivity contribution in [2.45, 2.75) is 24.5 Å². The Labute approximate surface area is 134 Å². The van der Waals surface area contributed by atoms with Gasteiger partial charge in [0.2, 0.25) is 0 Å².